The van der Waals surface area contributed by atoms with E-state index in [1.54, 1.807) is 12.1 Å². The first-order valence-electron chi connectivity index (χ1n) is 6.77. The van der Waals surface area contributed by atoms with Crippen molar-refractivity contribution in [3.05, 3.63) is 52.0 Å². The Hall–Kier alpha value is -2.34. The van der Waals surface area contributed by atoms with Crippen molar-refractivity contribution in [2.24, 2.45) is 0 Å². The number of nitrogens with one attached hydrogen (secondary N) is 1. The van der Waals surface area contributed by atoms with Crippen LogP contribution in [0.5, 0.6) is 0 Å². The number of carboxylic acid groups (broad SMARTS) is 1. The standard InChI is InChI=1S/C16H13BrN2O3/c1-2-9-10(15(20)21)7-8-13-14(9)19-16(22-13)18-12-6-4-3-5-11(12)17/h3-8H,2H2,1H3,(H,18,19)(H,20,21). The van der Waals surface area contributed by atoms with E-state index in [9.17, 15) is 9.90 Å². The zero-order valence-electron chi connectivity index (χ0n) is 11.8. The summed E-state index contributed by atoms with van der Waals surface area (Å²) in [6.07, 6.45) is 0.569. The molecular formula is C16H13BrN2O3. The number of hydrogen-bond donors (Lipinski definition) is 2. The molecule has 3 rings (SSSR count). The molecule has 112 valence electrons. The molecule has 5 nitrogen and oxygen atoms in total. The highest BCUT2D eigenvalue weighted by Crippen LogP contribution is 2.29. The van der Waals surface area contributed by atoms with Crippen molar-refractivity contribution in [3.8, 4) is 0 Å². The van der Waals surface area contributed by atoms with Crippen molar-refractivity contribution in [2.45, 2.75) is 13.3 Å². The summed E-state index contributed by atoms with van der Waals surface area (Å²) in [7, 11) is 0. The number of benzene rings is 2. The minimum absolute atomic E-state index is 0.260. The minimum atomic E-state index is -0.956. The molecule has 0 saturated carbocycles. The summed E-state index contributed by atoms with van der Waals surface area (Å²) in [4.78, 5) is 15.7. The van der Waals surface area contributed by atoms with E-state index in [0.29, 0.717) is 29.1 Å². The summed E-state index contributed by atoms with van der Waals surface area (Å²) in [6.45, 7) is 1.90. The molecule has 0 aliphatic heterocycles. The van der Waals surface area contributed by atoms with E-state index in [1.807, 2.05) is 31.2 Å². The van der Waals surface area contributed by atoms with Gasteiger partial charge < -0.3 is 14.8 Å². The molecule has 3 aromatic rings. The summed E-state index contributed by atoms with van der Waals surface area (Å²) >= 11 is 3.45. The Morgan fingerprint density at radius 1 is 1.32 bits per heavy atom. The molecule has 0 saturated heterocycles. The van der Waals surface area contributed by atoms with Gasteiger partial charge in [-0.1, -0.05) is 19.1 Å². The smallest absolute Gasteiger partial charge is 0.336 e. The van der Waals surface area contributed by atoms with E-state index >= 15 is 0 Å². The summed E-state index contributed by atoms with van der Waals surface area (Å²) in [5.41, 5.74) is 2.91. The highest BCUT2D eigenvalue weighted by atomic mass is 79.9. The van der Waals surface area contributed by atoms with Gasteiger partial charge in [-0.3, -0.25) is 0 Å². The average Bonchev–Trinajstić information content (AvgIpc) is 2.90. The van der Waals surface area contributed by atoms with Crippen LogP contribution in [-0.2, 0) is 6.42 Å². The summed E-state index contributed by atoms with van der Waals surface area (Å²) < 4.78 is 6.56. The van der Waals surface area contributed by atoms with E-state index in [-0.39, 0.29) is 5.56 Å². The van der Waals surface area contributed by atoms with Gasteiger partial charge in [0, 0.05) is 4.47 Å². The van der Waals surface area contributed by atoms with Gasteiger partial charge >= 0.3 is 5.97 Å². The summed E-state index contributed by atoms with van der Waals surface area (Å²) in [5.74, 6) is -0.956. The first-order valence-corrected chi connectivity index (χ1v) is 7.56. The molecule has 2 aromatic carbocycles. The molecule has 0 bridgehead atoms. The number of rotatable bonds is 4. The number of carbonyl (C=O) groups is 1. The molecule has 0 aliphatic rings. The quantitative estimate of drug-likeness (QED) is 0.711. The maximum Gasteiger partial charge on any atom is 0.336 e. The normalized spacial score (nSPS) is 10.8. The first kappa shape index (κ1) is 14.6. The fraction of sp³-hybridized carbons (Fsp3) is 0.125. The molecule has 0 unspecified atom stereocenters. The van der Waals surface area contributed by atoms with Gasteiger partial charge in [0.05, 0.1) is 11.3 Å². The number of carboxylic acids is 1. The fourth-order valence-electron chi connectivity index (χ4n) is 2.34. The molecule has 0 atom stereocenters. The van der Waals surface area contributed by atoms with Gasteiger partial charge in [0.15, 0.2) is 5.58 Å². The lowest BCUT2D eigenvalue weighted by atomic mass is 10.0. The number of nitrogens with zero attached hydrogens (tertiary/aromatic N) is 1. The molecule has 0 amide bonds. The third-order valence-electron chi connectivity index (χ3n) is 3.37. The summed E-state index contributed by atoms with van der Waals surface area (Å²) in [5, 5.41) is 12.3. The van der Waals surface area contributed by atoms with Gasteiger partial charge in [-0.05, 0) is 52.2 Å². The molecule has 1 heterocycles. The van der Waals surface area contributed by atoms with Crippen LogP contribution < -0.4 is 5.32 Å². The van der Waals surface area contributed by atoms with Crippen molar-refractivity contribution >= 4 is 44.7 Å². The van der Waals surface area contributed by atoms with Gasteiger partial charge in [-0.2, -0.15) is 4.98 Å². The molecule has 0 spiro atoms. The van der Waals surface area contributed by atoms with Crippen LogP contribution in [0.15, 0.2) is 45.3 Å². The van der Waals surface area contributed by atoms with Crippen LogP contribution in [-0.4, -0.2) is 16.1 Å². The monoisotopic (exact) mass is 360 g/mol. The Morgan fingerprint density at radius 2 is 2.09 bits per heavy atom. The zero-order valence-corrected chi connectivity index (χ0v) is 13.3. The third kappa shape index (κ3) is 2.57. The van der Waals surface area contributed by atoms with E-state index in [0.717, 1.165) is 10.2 Å². The fourth-order valence-corrected chi connectivity index (χ4v) is 2.72. The number of para-hydroxylation sites is 1. The highest BCUT2D eigenvalue weighted by Gasteiger charge is 2.17. The van der Waals surface area contributed by atoms with Crippen molar-refractivity contribution < 1.29 is 14.3 Å². The van der Waals surface area contributed by atoms with Crippen LogP contribution in [0.3, 0.4) is 0 Å². The number of oxazole rings is 1. The molecule has 0 fully saturated rings. The van der Waals surface area contributed by atoms with E-state index in [1.165, 1.54) is 0 Å². The van der Waals surface area contributed by atoms with E-state index < -0.39 is 5.97 Å². The largest absolute Gasteiger partial charge is 0.478 e. The lowest BCUT2D eigenvalue weighted by molar-refractivity contribution is 0.0696. The van der Waals surface area contributed by atoms with Crippen LogP contribution in [0, 0.1) is 0 Å². The van der Waals surface area contributed by atoms with Crippen LogP contribution in [0.4, 0.5) is 11.7 Å². The molecule has 1 aromatic heterocycles. The third-order valence-corrected chi connectivity index (χ3v) is 4.06. The molecule has 6 heteroatoms. The van der Waals surface area contributed by atoms with Gasteiger partial charge in [0.25, 0.3) is 6.01 Å². The highest BCUT2D eigenvalue weighted by molar-refractivity contribution is 9.10. The number of fused-ring (bicyclic) bond motifs is 1. The van der Waals surface area contributed by atoms with Gasteiger partial charge in [0.2, 0.25) is 0 Å². The van der Waals surface area contributed by atoms with Crippen molar-refractivity contribution in [1.82, 2.24) is 4.98 Å². The minimum Gasteiger partial charge on any atom is -0.478 e. The number of hydrogen-bond acceptors (Lipinski definition) is 4. The van der Waals surface area contributed by atoms with E-state index in [2.05, 4.69) is 26.2 Å². The Labute approximate surface area is 135 Å². The number of anilines is 2. The van der Waals surface area contributed by atoms with E-state index in [4.69, 9.17) is 4.42 Å². The maximum atomic E-state index is 11.3. The Morgan fingerprint density at radius 3 is 2.77 bits per heavy atom. The number of aromatic nitrogens is 1. The number of aromatic carboxylic acids is 1. The van der Waals surface area contributed by atoms with Crippen molar-refractivity contribution in [3.63, 3.8) is 0 Å². The van der Waals surface area contributed by atoms with Crippen molar-refractivity contribution in [1.29, 1.82) is 0 Å². The number of aryl methyl sites for hydroxylation is 1. The van der Waals surface area contributed by atoms with Crippen LogP contribution in [0.2, 0.25) is 0 Å². The topological polar surface area (TPSA) is 75.4 Å². The Kier molecular flexibility index (Phi) is 3.85. The van der Waals surface area contributed by atoms with Gasteiger partial charge in [-0.25, -0.2) is 4.79 Å². The molecule has 22 heavy (non-hydrogen) atoms. The molecule has 2 N–H and O–H groups in total. The molecule has 0 radical (unpaired) electrons. The second-order valence-electron chi connectivity index (χ2n) is 4.72. The van der Waals surface area contributed by atoms with Crippen molar-refractivity contribution in [2.75, 3.05) is 5.32 Å². The second kappa shape index (κ2) is 5.81. The SMILES string of the molecule is CCc1c(C(=O)O)ccc2oc(Nc3ccccc3Br)nc12. The first-order chi connectivity index (χ1) is 10.6. The molecule has 0 aliphatic carbocycles. The lowest BCUT2D eigenvalue weighted by Gasteiger charge is -2.03. The maximum absolute atomic E-state index is 11.3. The predicted molar refractivity (Wildman–Crippen MR) is 87.8 cm³/mol. The zero-order chi connectivity index (χ0) is 15.7. The second-order valence-corrected chi connectivity index (χ2v) is 5.58. The van der Waals surface area contributed by atoms with Gasteiger partial charge in [-0.15, -0.1) is 0 Å². The average molecular weight is 361 g/mol. The van der Waals surface area contributed by atoms with Gasteiger partial charge in [0.1, 0.15) is 5.52 Å². The Balaban J connectivity index is 2.06. The van der Waals surface area contributed by atoms with Crippen LogP contribution in [0.1, 0.15) is 22.8 Å². The molecular weight excluding hydrogens is 348 g/mol. The van der Waals surface area contributed by atoms with Crippen LogP contribution in [0.25, 0.3) is 11.1 Å². The number of halogens is 1. The predicted octanol–water partition coefficient (Wildman–Crippen LogP) is 4.59. The summed E-state index contributed by atoms with van der Waals surface area (Å²) in [6, 6.07) is 11.1. The Bertz CT molecular complexity index is 858. The van der Waals surface area contributed by atoms with Crippen LogP contribution >= 0.6 is 15.9 Å². The lowest BCUT2D eigenvalue weighted by Crippen LogP contribution is -2.02.